The van der Waals surface area contributed by atoms with Crippen LogP contribution in [-0.2, 0) is 0 Å². The number of benzene rings is 1. The van der Waals surface area contributed by atoms with Crippen molar-refractivity contribution in [3.8, 4) is 17.0 Å². The highest BCUT2D eigenvalue weighted by Gasteiger charge is 2.22. The average Bonchev–Trinajstić information content (AvgIpc) is 3.05. The van der Waals surface area contributed by atoms with Crippen LogP contribution in [0.1, 0.15) is 30.1 Å². The van der Waals surface area contributed by atoms with Crippen LogP contribution in [-0.4, -0.2) is 41.8 Å². The Morgan fingerprint density at radius 3 is 2.83 bits per heavy atom. The van der Waals surface area contributed by atoms with Crippen molar-refractivity contribution in [2.75, 3.05) is 13.7 Å². The van der Waals surface area contributed by atoms with Gasteiger partial charge < -0.3 is 15.4 Å². The molecule has 1 fully saturated rings. The number of aromatic nitrogens is 2. The first kappa shape index (κ1) is 15.6. The summed E-state index contributed by atoms with van der Waals surface area (Å²) in [4.78, 5) is 12.6. The predicted molar refractivity (Wildman–Crippen MR) is 88.5 cm³/mol. The summed E-state index contributed by atoms with van der Waals surface area (Å²) in [6.45, 7) is 3.07. The monoisotopic (exact) mass is 314 g/mol. The van der Waals surface area contributed by atoms with Crippen molar-refractivity contribution in [3.05, 3.63) is 36.0 Å². The predicted octanol–water partition coefficient (Wildman–Crippen LogP) is 1.96. The first-order valence-corrected chi connectivity index (χ1v) is 7.89. The number of H-pyrrole nitrogens is 1. The van der Waals surface area contributed by atoms with E-state index >= 15 is 0 Å². The number of nitrogens with one attached hydrogen (secondary N) is 3. The average molecular weight is 314 g/mol. The molecule has 23 heavy (non-hydrogen) atoms. The van der Waals surface area contributed by atoms with Gasteiger partial charge >= 0.3 is 0 Å². The van der Waals surface area contributed by atoms with Gasteiger partial charge in [-0.3, -0.25) is 9.89 Å². The topological polar surface area (TPSA) is 79.0 Å². The zero-order valence-corrected chi connectivity index (χ0v) is 13.4. The molecule has 122 valence electrons. The Hall–Kier alpha value is -2.34. The number of carbonyl (C=O) groups is 1. The van der Waals surface area contributed by atoms with Crippen LogP contribution in [0.5, 0.6) is 5.75 Å². The Morgan fingerprint density at radius 2 is 2.13 bits per heavy atom. The summed E-state index contributed by atoms with van der Waals surface area (Å²) in [7, 11) is 1.63. The highest BCUT2D eigenvalue weighted by Crippen LogP contribution is 2.24. The summed E-state index contributed by atoms with van der Waals surface area (Å²) in [6.07, 6.45) is 3.48. The molecule has 2 atom stereocenters. The molecule has 1 aromatic heterocycles. The van der Waals surface area contributed by atoms with Gasteiger partial charge in [0.1, 0.15) is 5.75 Å². The molecule has 3 rings (SSSR count). The van der Waals surface area contributed by atoms with E-state index in [4.69, 9.17) is 4.74 Å². The molecule has 0 aliphatic carbocycles. The van der Waals surface area contributed by atoms with Crippen LogP contribution >= 0.6 is 0 Å². The fourth-order valence-corrected chi connectivity index (χ4v) is 2.96. The summed E-state index contributed by atoms with van der Waals surface area (Å²) >= 11 is 0. The molecule has 1 amide bonds. The molecule has 1 saturated heterocycles. The molecule has 0 bridgehead atoms. The quantitative estimate of drug-likeness (QED) is 0.806. The second-order valence-electron chi connectivity index (χ2n) is 5.94. The molecular weight excluding hydrogens is 292 g/mol. The number of carbonyl (C=O) groups excluding carboxylic acids is 1. The van der Waals surface area contributed by atoms with E-state index in [1.54, 1.807) is 13.3 Å². The van der Waals surface area contributed by atoms with Crippen LogP contribution in [0.25, 0.3) is 11.3 Å². The SMILES string of the molecule is COc1ccc(-c2[nH]ncc2C(=O)NC2CCNC(C)C2)cc1. The van der Waals surface area contributed by atoms with E-state index in [0.717, 1.165) is 36.4 Å². The number of rotatable bonds is 4. The van der Waals surface area contributed by atoms with E-state index in [2.05, 4.69) is 27.8 Å². The van der Waals surface area contributed by atoms with Crippen molar-refractivity contribution in [1.29, 1.82) is 0 Å². The standard InChI is InChI=1S/C17H22N4O2/c1-11-9-13(7-8-18-11)20-17(22)15-10-19-21-16(15)12-3-5-14(23-2)6-4-12/h3-6,10-11,13,18H,7-9H2,1-2H3,(H,19,21)(H,20,22). The lowest BCUT2D eigenvalue weighted by Crippen LogP contribution is -2.46. The van der Waals surface area contributed by atoms with Crippen LogP contribution < -0.4 is 15.4 Å². The zero-order valence-electron chi connectivity index (χ0n) is 13.4. The first-order chi connectivity index (χ1) is 11.2. The Labute approximate surface area is 135 Å². The lowest BCUT2D eigenvalue weighted by atomic mass is 10.00. The summed E-state index contributed by atoms with van der Waals surface area (Å²) in [5, 5.41) is 13.5. The van der Waals surface area contributed by atoms with Gasteiger partial charge in [-0.1, -0.05) is 0 Å². The number of aromatic amines is 1. The third kappa shape index (κ3) is 3.53. The number of amides is 1. The van der Waals surface area contributed by atoms with Gasteiger partial charge in [0.2, 0.25) is 0 Å². The van der Waals surface area contributed by atoms with E-state index in [1.165, 1.54) is 0 Å². The fraction of sp³-hybridized carbons (Fsp3) is 0.412. The largest absolute Gasteiger partial charge is 0.497 e. The molecule has 0 saturated carbocycles. The highest BCUT2D eigenvalue weighted by molar-refractivity contribution is 5.99. The number of ether oxygens (including phenoxy) is 1. The highest BCUT2D eigenvalue weighted by atomic mass is 16.5. The summed E-state index contributed by atoms with van der Waals surface area (Å²) in [5.74, 6) is 0.701. The fourth-order valence-electron chi connectivity index (χ4n) is 2.96. The first-order valence-electron chi connectivity index (χ1n) is 7.89. The minimum absolute atomic E-state index is 0.0799. The molecule has 0 spiro atoms. The van der Waals surface area contributed by atoms with Gasteiger partial charge in [-0.25, -0.2) is 0 Å². The van der Waals surface area contributed by atoms with Crippen molar-refractivity contribution in [1.82, 2.24) is 20.8 Å². The molecular formula is C17H22N4O2. The number of methoxy groups -OCH3 is 1. The van der Waals surface area contributed by atoms with Crippen molar-refractivity contribution in [2.24, 2.45) is 0 Å². The van der Waals surface area contributed by atoms with E-state index in [1.807, 2.05) is 24.3 Å². The molecule has 1 aliphatic rings. The second kappa shape index (κ2) is 6.83. The van der Waals surface area contributed by atoms with Crippen LogP contribution in [0.2, 0.25) is 0 Å². The maximum absolute atomic E-state index is 12.6. The normalized spacial score (nSPS) is 21.0. The maximum Gasteiger partial charge on any atom is 0.255 e. The van der Waals surface area contributed by atoms with Crippen LogP contribution in [0.4, 0.5) is 0 Å². The Kier molecular flexibility index (Phi) is 4.62. The van der Waals surface area contributed by atoms with Crippen LogP contribution in [0, 0.1) is 0 Å². The van der Waals surface area contributed by atoms with Gasteiger partial charge in [0, 0.05) is 17.6 Å². The molecule has 1 aliphatic heterocycles. The molecule has 2 heterocycles. The lowest BCUT2D eigenvalue weighted by molar-refractivity contribution is 0.0926. The third-order valence-corrected chi connectivity index (χ3v) is 4.22. The van der Waals surface area contributed by atoms with Crippen LogP contribution in [0.15, 0.2) is 30.5 Å². The Balaban J connectivity index is 1.75. The van der Waals surface area contributed by atoms with Crippen LogP contribution in [0.3, 0.4) is 0 Å². The van der Waals surface area contributed by atoms with Crippen molar-refractivity contribution in [3.63, 3.8) is 0 Å². The minimum Gasteiger partial charge on any atom is -0.497 e. The van der Waals surface area contributed by atoms with E-state index in [9.17, 15) is 4.79 Å². The summed E-state index contributed by atoms with van der Waals surface area (Å²) in [6, 6.07) is 8.20. The van der Waals surface area contributed by atoms with Gasteiger partial charge in [-0.15, -0.1) is 0 Å². The zero-order chi connectivity index (χ0) is 16.2. The summed E-state index contributed by atoms with van der Waals surface area (Å²) < 4.78 is 5.16. The molecule has 1 aromatic carbocycles. The Morgan fingerprint density at radius 1 is 1.35 bits per heavy atom. The molecule has 3 N–H and O–H groups in total. The molecule has 2 unspecified atom stereocenters. The lowest BCUT2D eigenvalue weighted by Gasteiger charge is -2.28. The van der Waals surface area contributed by atoms with Gasteiger partial charge in [0.05, 0.1) is 24.6 Å². The van der Waals surface area contributed by atoms with E-state index in [0.29, 0.717) is 11.6 Å². The summed E-state index contributed by atoms with van der Waals surface area (Å²) in [5.41, 5.74) is 2.21. The van der Waals surface area contributed by atoms with Gasteiger partial charge in [-0.05, 0) is 50.6 Å². The van der Waals surface area contributed by atoms with Gasteiger partial charge in [0.15, 0.2) is 0 Å². The minimum atomic E-state index is -0.0799. The van der Waals surface area contributed by atoms with E-state index in [-0.39, 0.29) is 11.9 Å². The number of hydrogen-bond acceptors (Lipinski definition) is 4. The number of piperidine rings is 1. The Bertz CT molecular complexity index is 665. The van der Waals surface area contributed by atoms with Crippen molar-refractivity contribution >= 4 is 5.91 Å². The van der Waals surface area contributed by atoms with Gasteiger partial charge in [-0.2, -0.15) is 5.10 Å². The third-order valence-electron chi connectivity index (χ3n) is 4.22. The number of hydrogen-bond donors (Lipinski definition) is 3. The van der Waals surface area contributed by atoms with Crippen molar-refractivity contribution in [2.45, 2.75) is 31.8 Å². The molecule has 6 nitrogen and oxygen atoms in total. The molecule has 2 aromatic rings. The maximum atomic E-state index is 12.6. The van der Waals surface area contributed by atoms with Gasteiger partial charge in [0.25, 0.3) is 5.91 Å². The molecule has 6 heteroatoms. The smallest absolute Gasteiger partial charge is 0.255 e. The van der Waals surface area contributed by atoms with E-state index < -0.39 is 0 Å². The van der Waals surface area contributed by atoms with Crippen molar-refractivity contribution < 1.29 is 9.53 Å². The molecule has 0 radical (unpaired) electrons. The second-order valence-corrected chi connectivity index (χ2v) is 5.94. The number of nitrogens with zero attached hydrogens (tertiary/aromatic N) is 1.